The monoisotopic (exact) mass is 393 g/mol. The van der Waals surface area contributed by atoms with Gasteiger partial charge in [-0.05, 0) is 50.5 Å². The van der Waals surface area contributed by atoms with E-state index in [9.17, 15) is 9.59 Å². The standard InChI is InChI=1S/C22H27N5O2/c1-13(2)20-16-7-6-14(10-17(16)26-27-20)11-19(28)24-15-8-9-23-18(12-15)21(29)25-22(3,4)5/h6-10,12-13H,11H2,1-5H3,(H,25,29)(H,26,27)(H,23,24,28). The van der Waals surface area contributed by atoms with Crippen LogP contribution in [0, 0.1) is 0 Å². The summed E-state index contributed by atoms with van der Waals surface area (Å²) < 4.78 is 0. The smallest absolute Gasteiger partial charge is 0.270 e. The highest BCUT2D eigenvalue weighted by Gasteiger charge is 2.17. The molecule has 0 saturated carbocycles. The molecule has 29 heavy (non-hydrogen) atoms. The van der Waals surface area contributed by atoms with Gasteiger partial charge < -0.3 is 10.6 Å². The fourth-order valence-corrected chi connectivity index (χ4v) is 3.07. The molecule has 2 aromatic heterocycles. The summed E-state index contributed by atoms with van der Waals surface area (Å²) in [6.45, 7) is 9.90. The van der Waals surface area contributed by atoms with E-state index in [1.54, 1.807) is 12.1 Å². The number of nitrogens with one attached hydrogen (secondary N) is 3. The first-order valence-electron chi connectivity index (χ1n) is 9.68. The van der Waals surface area contributed by atoms with Crippen LogP contribution in [0.1, 0.15) is 62.3 Å². The van der Waals surface area contributed by atoms with E-state index in [2.05, 4.69) is 39.7 Å². The van der Waals surface area contributed by atoms with Crippen molar-refractivity contribution in [3.05, 3.63) is 53.5 Å². The van der Waals surface area contributed by atoms with E-state index in [0.717, 1.165) is 22.2 Å². The summed E-state index contributed by atoms with van der Waals surface area (Å²) in [5.74, 6) is -0.116. The molecule has 3 aromatic rings. The molecule has 0 aliphatic rings. The second kappa shape index (κ2) is 8.03. The maximum atomic E-state index is 12.5. The number of nitrogens with zero attached hydrogens (tertiary/aromatic N) is 2. The SMILES string of the molecule is CC(C)c1n[nH]c2cc(CC(=O)Nc3ccnc(C(=O)NC(C)(C)C)c3)ccc12. The molecule has 0 bridgehead atoms. The highest BCUT2D eigenvalue weighted by molar-refractivity contribution is 5.96. The minimum absolute atomic E-state index is 0.165. The summed E-state index contributed by atoms with van der Waals surface area (Å²) in [4.78, 5) is 28.8. The summed E-state index contributed by atoms with van der Waals surface area (Å²) in [7, 11) is 0. The van der Waals surface area contributed by atoms with Crippen LogP contribution in [0.25, 0.3) is 10.9 Å². The van der Waals surface area contributed by atoms with Gasteiger partial charge in [-0.3, -0.25) is 19.7 Å². The zero-order valence-electron chi connectivity index (χ0n) is 17.5. The summed E-state index contributed by atoms with van der Waals surface area (Å²) in [6.07, 6.45) is 1.73. The minimum atomic E-state index is -0.362. The molecule has 7 heteroatoms. The number of aromatic amines is 1. The van der Waals surface area contributed by atoms with Gasteiger partial charge in [-0.15, -0.1) is 0 Å². The minimum Gasteiger partial charge on any atom is -0.346 e. The van der Waals surface area contributed by atoms with Crippen LogP contribution in [0.2, 0.25) is 0 Å². The average Bonchev–Trinajstić information content (AvgIpc) is 3.04. The first-order chi connectivity index (χ1) is 13.6. The number of aromatic nitrogens is 3. The maximum absolute atomic E-state index is 12.5. The van der Waals surface area contributed by atoms with Crippen LogP contribution in [-0.4, -0.2) is 32.5 Å². The average molecular weight is 393 g/mol. The molecule has 0 spiro atoms. The first-order valence-corrected chi connectivity index (χ1v) is 9.68. The lowest BCUT2D eigenvalue weighted by atomic mass is 10.0. The number of carbonyl (C=O) groups is 2. The first kappa shape index (κ1) is 20.5. The predicted molar refractivity (Wildman–Crippen MR) is 114 cm³/mol. The van der Waals surface area contributed by atoms with Gasteiger partial charge in [0.2, 0.25) is 5.91 Å². The third kappa shape index (κ3) is 5.19. The van der Waals surface area contributed by atoms with E-state index >= 15 is 0 Å². The molecule has 7 nitrogen and oxygen atoms in total. The van der Waals surface area contributed by atoms with Crippen LogP contribution in [0.3, 0.4) is 0 Å². The van der Waals surface area contributed by atoms with Gasteiger partial charge >= 0.3 is 0 Å². The number of anilines is 1. The third-order valence-electron chi connectivity index (χ3n) is 4.33. The van der Waals surface area contributed by atoms with Crippen LogP contribution in [0.4, 0.5) is 5.69 Å². The summed E-state index contributed by atoms with van der Waals surface area (Å²) in [5.41, 5.74) is 3.26. The van der Waals surface area contributed by atoms with Gasteiger partial charge in [0, 0.05) is 22.8 Å². The molecule has 0 atom stereocenters. The quantitative estimate of drug-likeness (QED) is 0.614. The number of carbonyl (C=O) groups excluding carboxylic acids is 2. The summed E-state index contributed by atoms with van der Waals surface area (Å²) >= 11 is 0. The van der Waals surface area contributed by atoms with E-state index in [0.29, 0.717) is 11.6 Å². The van der Waals surface area contributed by atoms with Crippen molar-refractivity contribution in [2.24, 2.45) is 0 Å². The molecule has 2 amide bonds. The molecular weight excluding hydrogens is 366 g/mol. The molecule has 0 aliphatic heterocycles. The highest BCUT2D eigenvalue weighted by atomic mass is 16.2. The van der Waals surface area contributed by atoms with Crippen molar-refractivity contribution in [1.29, 1.82) is 0 Å². The number of benzene rings is 1. The maximum Gasteiger partial charge on any atom is 0.270 e. The fraction of sp³-hybridized carbons (Fsp3) is 0.364. The van der Waals surface area contributed by atoms with Crippen LogP contribution >= 0.6 is 0 Å². The van der Waals surface area contributed by atoms with Gasteiger partial charge in [0.1, 0.15) is 5.69 Å². The lowest BCUT2D eigenvalue weighted by Gasteiger charge is -2.20. The van der Waals surface area contributed by atoms with Crippen LogP contribution in [0.15, 0.2) is 36.5 Å². The molecule has 3 N–H and O–H groups in total. The molecule has 0 unspecified atom stereocenters. The Balaban J connectivity index is 1.69. The molecule has 152 valence electrons. The highest BCUT2D eigenvalue weighted by Crippen LogP contribution is 2.23. The van der Waals surface area contributed by atoms with E-state index in [-0.39, 0.29) is 29.5 Å². The Hall–Kier alpha value is -3.22. The van der Waals surface area contributed by atoms with Crippen LogP contribution < -0.4 is 10.6 Å². The summed E-state index contributed by atoms with van der Waals surface area (Å²) in [6, 6.07) is 9.13. The molecule has 3 rings (SSSR count). The van der Waals surface area contributed by atoms with Gasteiger partial charge in [0.25, 0.3) is 5.91 Å². The lowest BCUT2D eigenvalue weighted by molar-refractivity contribution is -0.115. The van der Waals surface area contributed by atoms with E-state index in [1.807, 2.05) is 39.0 Å². The Morgan fingerprint density at radius 3 is 2.59 bits per heavy atom. The van der Waals surface area contributed by atoms with E-state index < -0.39 is 0 Å². The normalized spacial score (nSPS) is 11.7. The number of pyridine rings is 1. The Morgan fingerprint density at radius 1 is 1.14 bits per heavy atom. The molecule has 1 aromatic carbocycles. The summed E-state index contributed by atoms with van der Waals surface area (Å²) in [5, 5.41) is 14.2. The van der Waals surface area contributed by atoms with Crippen LogP contribution in [0.5, 0.6) is 0 Å². The van der Waals surface area contributed by atoms with Crippen molar-refractivity contribution >= 4 is 28.4 Å². The topological polar surface area (TPSA) is 99.8 Å². The molecule has 0 aliphatic carbocycles. The van der Waals surface area contributed by atoms with Gasteiger partial charge in [0.15, 0.2) is 0 Å². The second-order valence-electron chi connectivity index (χ2n) is 8.50. The largest absolute Gasteiger partial charge is 0.346 e. The molecule has 2 heterocycles. The number of hydrogen-bond acceptors (Lipinski definition) is 4. The third-order valence-corrected chi connectivity index (χ3v) is 4.33. The van der Waals surface area contributed by atoms with Gasteiger partial charge in [-0.2, -0.15) is 5.10 Å². The second-order valence-corrected chi connectivity index (χ2v) is 8.50. The fourth-order valence-electron chi connectivity index (χ4n) is 3.07. The number of hydrogen-bond donors (Lipinski definition) is 3. The van der Waals surface area contributed by atoms with Crippen molar-refractivity contribution in [3.63, 3.8) is 0 Å². The van der Waals surface area contributed by atoms with Crippen molar-refractivity contribution < 1.29 is 9.59 Å². The van der Waals surface area contributed by atoms with Gasteiger partial charge in [0.05, 0.1) is 17.6 Å². The Bertz CT molecular complexity index is 1050. The molecule has 0 radical (unpaired) electrons. The molecule has 0 saturated heterocycles. The van der Waals surface area contributed by atoms with Crippen molar-refractivity contribution in [2.75, 3.05) is 5.32 Å². The number of fused-ring (bicyclic) bond motifs is 1. The van der Waals surface area contributed by atoms with Crippen molar-refractivity contribution in [1.82, 2.24) is 20.5 Å². The van der Waals surface area contributed by atoms with E-state index in [4.69, 9.17) is 0 Å². The number of amides is 2. The number of rotatable bonds is 5. The molecular formula is C22H27N5O2. The van der Waals surface area contributed by atoms with Crippen molar-refractivity contribution in [2.45, 2.75) is 52.5 Å². The Morgan fingerprint density at radius 2 is 1.90 bits per heavy atom. The zero-order chi connectivity index (χ0) is 21.2. The predicted octanol–water partition coefficient (Wildman–Crippen LogP) is 3.79. The molecule has 0 fully saturated rings. The van der Waals surface area contributed by atoms with Gasteiger partial charge in [-0.1, -0.05) is 26.0 Å². The van der Waals surface area contributed by atoms with Crippen LogP contribution in [-0.2, 0) is 11.2 Å². The lowest BCUT2D eigenvalue weighted by Crippen LogP contribution is -2.40. The van der Waals surface area contributed by atoms with E-state index in [1.165, 1.54) is 6.20 Å². The van der Waals surface area contributed by atoms with Gasteiger partial charge in [-0.25, -0.2) is 0 Å². The Kier molecular flexibility index (Phi) is 5.68. The number of H-pyrrole nitrogens is 1. The Labute approximate surface area is 170 Å². The zero-order valence-corrected chi connectivity index (χ0v) is 17.5. The van der Waals surface area contributed by atoms with Crippen molar-refractivity contribution in [3.8, 4) is 0 Å².